The van der Waals surface area contributed by atoms with Crippen molar-refractivity contribution >= 4 is 23.6 Å². The number of rotatable bonds is 5. The summed E-state index contributed by atoms with van der Waals surface area (Å²) in [6.45, 7) is 5.52. The molecule has 6 heteroatoms. The Morgan fingerprint density at radius 3 is 2.86 bits per heavy atom. The monoisotopic (exact) mass is 398 g/mol. The third kappa shape index (κ3) is 4.65. The highest BCUT2D eigenvalue weighted by Crippen LogP contribution is 2.28. The van der Waals surface area contributed by atoms with E-state index in [-0.39, 0.29) is 18.3 Å². The number of aliphatic hydroxyl groups is 1. The quantitative estimate of drug-likeness (QED) is 0.606. The van der Waals surface area contributed by atoms with Gasteiger partial charge in [-0.15, -0.1) is 0 Å². The van der Waals surface area contributed by atoms with Gasteiger partial charge in [-0.25, -0.2) is 9.18 Å². The van der Waals surface area contributed by atoms with Crippen LogP contribution in [0.3, 0.4) is 0 Å². The van der Waals surface area contributed by atoms with Crippen molar-refractivity contribution in [2.75, 3.05) is 31.7 Å². The Kier molecular flexibility index (Phi) is 6.64. The van der Waals surface area contributed by atoms with Crippen molar-refractivity contribution in [3.05, 3.63) is 58.4 Å². The number of esters is 1. The second-order valence-electron chi connectivity index (χ2n) is 7.50. The smallest absolute Gasteiger partial charge is 0.338 e. The Morgan fingerprint density at radius 2 is 2.14 bits per heavy atom. The number of piperidine rings is 1. The number of halogens is 1. The fraction of sp³-hybridized carbons (Fsp3) is 0.391. The summed E-state index contributed by atoms with van der Waals surface area (Å²) in [5.74, 6) is -0.527. The summed E-state index contributed by atoms with van der Waals surface area (Å²) in [6.07, 6.45) is 3.52. The average Bonchev–Trinajstić information content (AvgIpc) is 2.74. The minimum atomic E-state index is -0.421. The lowest BCUT2D eigenvalue weighted by Gasteiger charge is -2.33. The van der Waals surface area contributed by atoms with Gasteiger partial charge in [-0.1, -0.05) is 6.07 Å². The Morgan fingerprint density at radius 1 is 1.34 bits per heavy atom. The minimum Gasteiger partial charge on any atom is -0.465 e. The molecule has 1 heterocycles. The molecule has 1 unspecified atom stereocenters. The van der Waals surface area contributed by atoms with Crippen LogP contribution in [0.5, 0.6) is 0 Å². The summed E-state index contributed by atoms with van der Waals surface area (Å²) in [5, 5.41) is 9.46. The number of hydrogen-bond acceptors (Lipinski definition) is 5. The van der Waals surface area contributed by atoms with E-state index in [9.17, 15) is 14.3 Å². The summed E-state index contributed by atoms with van der Waals surface area (Å²) in [5.41, 5.74) is 3.98. The predicted molar refractivity (Wildman–Crippen MR) is 113 cm³/mol. The van der Waals surface area contributed by atoms with Crippen LogP contribution in [0.15, 0.2) is 35.3 Å². The van der Waals surface area contributed by atoms with E-state index in [2.05, 4.69) is 9.89 Å². The molecule has 1 aliphatic rings. The zero-order chi connectivity index (χ0) is 21.0. The number of carbonyl (C=O) groups excluding carboxylic acids is 1. The summed E-state index contributed by atoms with van der Waals surface area (Å²) >= 11 is 0. The molecule has 1 N–H and O–H groups in total. The zero-order valence-electron chi connectivity index (χ0n) is 17.1. The van der Waals surface area contributed by atoms with Crippen LogP contribution in [0, 0.1) is 25.6 Å². The van der Waals surface area contributed by atoms with E-state index < -0.39 is 5.97 Å². The maximum atomic E-state index is 14.4. The average molecular weight is 398 g/mol. The first-order valence-electron chi connectivity index (χ1n) is 9.82. The van der Waals surface area contributed by atoms with E-state index in [1.807, 2.05) is 19.9 Å². The second-order valence-corrected chi connectivity index (χ2v) is 7.50. The number of aliphatic hydroxyl groups excluding tert-OH is 1. The molecule has 0 saturated carbocycles. The predicted octanol–water partition coefficient (Wildman–Crippen LogP) is 4.19. The summed E-state index contributed by atoms with van der Waals surface area (Å²) in [4.78, 5) is 18.6. The number of ether oxygens (including phenoxy) is 1. The van der Waals surface area contributed by atoms with Crippen LogP contribution in [0.25, 0.3) is 0 Å². The number of benzene rings is 2. The summed E-state index contributed by atoms with van der Waals surface area (Å²) < 4.78 is 19.2. The van der Waals surface area contributed by atoms with E-state index in [0.717, 1.165) is 37.2 Å². The number of nitrogens with zero attached hydrogens (tertiary/aromatic N) is 2. The number of hydrogen-bond donors (Lipinski definition) is 1. The molecule has 1 saturated heterocycles. The third-order valence-corrected chi connectivity index (χ3v) is 5.49. The highest BCUT2D eigenvalue weighted by molar-refractivity contribution is 5.93. The van der Waals surface area contributed by atoms with Crippen molar-refractivity contribution < 1.29 is 19.0 Å². The van der Waals surface area contributed by atoms with Crippen molar-refractivity contribution in [1.29, 1.82) is 0 Å². The maximum absolute atomic E-state index is 14.4. The number of carbonyl (C=O) groups is 1. The number of aryl methyl sites for hydroxylation is 1. The molecule has 0 aliphatic carbocycles. The Hall–Kier alpha value is -2.73. The highest BCUT2D eigenvalue weighted by Gasteiger charge is 2.20. The maximum Gasteiger partial charge on any atom is 0.338 e. The normalized spacial score (nSPS) is 17.0. The van der Waals surface area contributed by atoms with Crippen LogP contribution >= 0.6 is 0 Å². The largest absolute Gasteiger partial charge is 0.465 e. The first-order valence-corrected chi connectivity index (χ1v) is 9.82. The molecule has 1 aliphatic heterocycles. The van der Waals surface area contributed by atoms with Crippen LogP contribution in [0.1, 0.15) is 39.9 Å². The number of methoxy groups -OCH3 is 1. The van der Waals surface area contributed by atoms with Crippen molar-refractivity contribution in [1.82, 2.24) is 0 Å². The van der Waals surface area contributed by atoms with Gasteiger partial charge in [0.15, 0.2) is 0 Å². The van der Waals surface area contributed by atoms with Gasteiger partial charge in [-0.2, -0.15) is 0 Å². The molecule has 1 fully saturated rings. The van der Waals surface area contributed by atoms with Gasteiger partial charge < -0.3 is 14.7 Å². The van der Waals surface area contributed by atoms with Gasteiger partial charge in [0, 0.05) is 37.2 Å². The van der Waals surface area contributed by atoms with Crippen LogP contribution in [-0.4, -0.2) is 44.1 Å². The van der Waals surface area contributed by atoms with Gasteiger partial charge in [0.2, 0.25) is 0 Å². The molecule has 5 nitrogen and oxygen atoms in total. The fourth-order valence-electron chi connectivity index (χ4n) is 3.77. The fourth-order valence-corrected chi connectivity index (χ4v) is 3.77. The summed E-state index contributed by atoms with van der Waals surface area (Å²) in [6, 6.07) is 8.52. The Labute approximate surface area is 170 Å². The summed E-state index contributed by atoms with van der Waals surface area (Å²) in [7, 11) is 1.34. The van der Waals surface area contributed by atoms with Crippen LogP contribution in [-0.2, 0) is 4.74 Å². The van der Waals surface area contributed by atoms with Gasteiger partial charge >= 0.3 is 5.97 Å². The van der Waals surface area contributed by atoms with Crippen molar-refractivity contribution in [3.8, 4) is 0 Å². The zero-order valence-corrected chi connectivity index (χ0v) is 17.1. The molecule has 29 heavy (non-hydrogen) atoms. The van der Waals surface area contributed by atoms with Gasteiger partial charge in [0.1, 0.15) is 5.82 Å². The van der Waals surface area contributed by atoms with Crippen LogP contribution in [0.2, 0.25) is 0 Å². The molecule has 2 aromatic carbocycles. The van der Waals surface area contributed by atoms with E-state index >= 15 is 0 Å². The Bertz CT molecular complexity index is 927. The molecule has 0 aromatic heterocycles. The van der Waals surface area contributed by atoms with Crippen molar-refractivity contribution in [2.24, 2.45) is 10.9 Å². The molecule has 1 atom stereocenters. The molecule has 0 spiro atoms. The van der Waals surface area contributed by atoms with Gasteiger partial charge in [-0.3, -0.25) is 4.99 Å². The van der Waals surface area contributed by atoms with E-state index in [1.54, 1.807) is 18.2 Å². The lowest BCUT2D eigenvalue weighted by atomic mass is 9.98. The molecule has 0 bridgehead atoms. The minimum absolute atomic E-state index is 0.168. The lowest BCUT2D eigenvalue weighted by Crippen LogP contribution is -2.36. The molecular weight excluding hydrogens is 371 g/mol. The van der Waals surface area contributed by atoms with Crippen molar-refractivity contribution in [3.63, 3.8) is 0 Å². The molecular formula is C23H27FN2O3. The first kappa shape index (κ1) is 21.0. The number of anilines is 1. The lowest BCUT2D eigenvalue weighted by molar-refractivity contribution is 0.0600. The molecule has 154 valence electrons. The van der Waals surface area contributed by atoms with Gasteiger partial charge in [0.25, 0.3) is 0 Å². The second kappa shape index (κ2) is 9.18. The van der Waals surface area contributed by atoms with Crippen LogP contribution < -0.4 is 4.90 Å². The first-order chi connectivity index (χ1) is 13.9. The SMILES string of the molecule is COC(=O)c1ccc(C)c(N=Cc2cc(N3CCCC(CO)C3)ccc2F)c1C. The molecule has 2 aromatic rings. The van der Waals surface area contributed by atoms with E-state index in [4.69, 9.17) is 4.74 Å². The Balaban J connectivity index is 1.91. The van der Waals surface area contributed by atoms with E-state index in [0.29, 0.717) is 22.4 Å². The molecule has 0 radical (unpaired) electrons. The standard InChI is InChI=1S/C23H27FN2O3/c1-15-6-8-20(23(28)29-3)16(2)22(15)25-12-18-11-19(7-9-21(18)24)26-10-4-5-17(13-26)14-27/h6-9,11-12,17,27H,4-5,10,13-14H2,1-3H3. The van der Waals surface area contributed by atoms with E-state index in [1.165, 1.54) is 19.4 Å². The topological polar surface area (TPSA) is 62.1 Å². The van der Waals surface area contributed by atoms with Gasteiger partial charge in [0.05, 0.1) is 18.4 Å². The number of aliphatic imine (C=N–C) groups is 1. The molecule has 3 rings (SSSR count). The third-order valence-electron chi connectivity index (χ3n) is 5.49. The van der Waals surface area contributed by atoms with Gasteiger partial charge in [-0.05, 0) is 68.0 Å². The highest BCUT2D eigenvalue weighted by atomic mass is 19.1. The van der Waals surface area contributed by atoms with Crippen molar-refractivity contribution in [2.45, 2.75) is 26.7 Å². The molecule has 0 amide bonds. The van der Waals surface area contributed by atoms with Crippen LogP contribution in [0.4, 0.5) is 15.8 Å².